The van der Waals surface area contributed by atoms with E-state index >= 15 is 0 Å². The Balaban J connectivity index is 1.76. The summed E-state index contributed by atoms with van der Waals surface area (Å²) in [7, 11) is 3.44. The van der Waals surface area contributed by atoms with E-state index in [1.165, 1.54) is 16.8 Å². The van der Waals surface area contributed by atoms with Crippen LogP contribution in [-0.2, 0) is 24.2 Å². The smallest absolute Gasteiger partial charge is 0.241 e. The molecule has 1 aromatic heterocycles. The maximum atomic E-state index is 13.2. The molecule has 1 aliphatic heterocycles. The van der Waals surface area contributed by atoms with Crippen LogP contribution in [0.2, 0.25) is 0 Å². The number of aromatic nitrogens is 2. The number of benzene rings is 2. The maximum Gasteiger partial charge on any atom is 0.241 e. The average Bonchev–Trinajstić information content (AvgIpc) is 3.19. The highest BCUT2D eigenvalue weighted by Gasteiger charge is 2.39. The number of methoxy groups -OCH3 is 1. The molecule has 33 heavy (non-hydrogen) atoms. The van der Waals surface area contributed by atoms with Gasteiger partial charge in [-0.3, -0.25) is 14.4 Å². The summed E-state index contributed by atoms with van der Waals surface area (Å²) in [5, 5.41) is 7.75. The first-order valence-corrected chi connectivity index (χ1v) is 11.8. The first-order valence-electron chi connectivity index (χ1n) is 11.8. The first kappa shape index (κ1) is 23.1. The Morgan fingerprint density at radius 3 is 2.61 bits per heavy atom. The van der Waals surface area contributed by atoms with E-state index < -0.39 is 0 Å². The van der Waals surface area contributed by atoms with Crippen molar-refractivity contribution in [2.75, 3.05) is 20.7 Å². The third-order valence-corrected chi connectivity index (χ3v) is 6.74. The molecular weight excluding hydrogens is 412 g/mol. The van der Waals surface area contributed by atoms with Crippen LogP contribution in [0.5, 0.6) is 5.75 Å². The van der Waals surface area contributed by atoms with E-state index in [9.17, 15) is 4.79 Å². The lowest BCUT2D eigenvalue weighted by atomic mass is 9.88. The summed E-state index contributed by atoms with van der Waals surface area (Å²) >= 11 is 0. The lowest BCUT2D eigenvalue weighted by Crippen LogP contribution is -2.45. The molecule has 0 fully saturated rings. The highest BCUT2D eigenvalue weighted by Crippen LogP contribution is 2.41. The van der Waals surface area contributed by atoms with Crippen LogP contribution in [0.4, 0.5) is 0 Å². The van der Waals surface area contributed by atoms with Crippen molar-refractivity contribution in [1.29, 1.82) is 0 Å². The van der Waals surface area contributed by atoms with Gasteiger partial charge in [0.1, 0.15) is 11.8 Å². The van der Waals surface area contributed by atoms with Gasteiger partial charge in [-0.25, -0.2) is 0 Å². The molecule has 0 saturated carbocycles. The molecule has 1 N–H and O–H groups in total. The van der Waals surface area contributed by atoms with Crippen molar-refractivity contribution < 1.29 is 9.53 Å². The lowest BCUT2D eigenvalue weighted by Gasteiger charge is -2.41. The van der Waals surface area contributed by atoms with Gasteiger partial charge in [0, 0.05) is 43.9 Å². The van der Waals surface area contributed by atoms with Gasteiger partial charge in [0.15, 0.2) is 0 Å². The molecule has 0 spiro atoms. The second-order valence-corrected chi connectivity index (χ2v) is 8.54. The molecule has 1 aliphatic rings. The number of likely N-dealkylation sites (N-methyl/N-ethyl adjacent to an activating group) is 1. The Kier molecular flexibility index (Phi) is 7.14. The molecule has 0 bridgehead atoms. The number of hydrogen-bond donors (Lipinski definition) is 1. The van der Waals surface area contributed by atoms with Gasteiger partial charge < -0.3 is 10.1 Å². The van der Waals surface area contributed by atoms with E-state index in [1.54, 1.807) is 14.2 Å². The van der Waals surface area contributed by atoms with Gasteiger partial charge in [-0.1, -0.05) is 48.5 Å². The minimum absolute atomic E-state index is 0.0208. The number of fused-ring (bicyclic) bond motifs is 1. The summed E-state index contributed by atoms with van der Waals surface area (Å²) in [6.45, 7) is 5.90. The van der Waals surface area contributed by atoms with E-state index in [-0.39, 0.29) is 18.0 Å². The summed E-state index contributed by atoms with van der Waals surface area (Å²) in [6, 6.07) is 18.0. The summed E-state index contributed by atoms with van der Waals surface area (Å²) < 4.78 is 7.74. The van der Waals surface area contributed by atoms with E-state index in [2.05, 4.69) is 53.0 Å². The topological polar surface area (TPSA) is 59.4 Å². The summed E-state index contributed by atoms with van der Waals surface area (Å²) in [5.41, 5.74) is 5.85. The van der Waals surface area contributed by atoms with Crippen molar-refractivity contribution in [3.8, 4) is 5.75 Å². The van der Waals surface area contributed by atoms with Crippen LogP contribution in [0.15, 0.2) is 54.6 Å². The highest BCUT2D eigenvalue weighted by molar-refractivity contribution is 5.83. The fourth-order valence-electron chi connectivity index (χ4n) is 5.24. The van der Waals surface area contributed by atoms with Gasteiger partial charge in [-0.15, -0.1) is 0 Å². The van der Waals surface area contributed by atoms with Crippen LogP contribution in [0.1, 0.15) is 53.5 Å². The number of nitrogens with zero attached hydrogens (tertiary/aromatic N) is 3. The number of ether oxygens (including phenoxy) is 1. The van der Waals surface area contributed by atoms with Crippen LogP contribution in [0, 0.1) is 6.92 Å². The van der Waals surface area contributed by atoms with Crippen molar-refractivity contribution in [2.45, 2.75) is 51.7 Å². The zero-order chi connectivity index (χ0) is 23.4. The highest BCUT2D eigenvalue weighted by atomic mass is 16.5. The first-order chi connectivity index (χ1) is 16.1. The molecule has 2 atom stereocenters. The molecule has 6 heteroatoms. The van der Waals surface area contributed by atoms with E-state index in [4.69, 9.17) is 9.84 Å². The van der Waals surface area contributed by atoms with Crippen LogP contribution >= 0.6 is 0 Å². The monoisotopic (exact) mass is 446 g/mol. The summed E-state index contributed by atoms with van der Waals surface area (Å²) in [5.74, 6) is 0.930. The van der Waals surface area contributed by atoms with Gasteiger partial charge >= 0.3 is 0 Å². The summed E-state index contributed by atoms with van der Waals surface area (Å²) in [4.78, 5) is 15.6. The van der Waals surface area contributed by atoms with Crippen molar-refractivity contribution in [3.63, 3.8) is 0 Å². The second kappa shape index (κ2) is 10.2. The fraction of sp³-hybridized carbons (Fsp3) is 0.407. The fourth-order valence-corrected chi connectivity index (χ4v) is 5.24. The predicted octanol–water partition coefficient (Wildman–Crippen LogP) is 4.24. The van der Waals surface area contributed by atoms with Gasteiger partial charge in [0.05, 0.1) is 12.8 Å². The molecule has 174 valence electrons. The van der Waals surface area contributed by atoms with Crippen LogP contribution in [0.25, 0.3) is 0 Å². The molecule has 0 aliphatic carbocycles. The third-order valence-electron chi connectivity index (χ3n) is 6.74. The van der Waals surface area contributed by atoms with E-state index in [1.807, 2.05) is 30.3 Å². The number of carbonyl (C=O) groups is 1. The Morgan fingerprint density at radius 2 is 1.91 bits per heavy atom. The molecule has 2 aromatic carbocycles. The molecule has 1 unspecified atom stereocenters. The van der Waals surface area contributed by atoms with Crippen molar-refractivity contribution in [3.05, 3.63) is 82.7 Å². The largest absolute Gasteiger partial charge is 0.496 e. The van der Waals surface area contributed by atoms with Crippen LogP contribution in [0.3, 0.4) is 0 Å². The van der Waals surface area contributed by atoms with Crippen LogP contribution in [-0.4, -0.2) is 41.3 Å². The molecule has 3 aromatic rings. The molecule has 4 rings (SSSR count). The number of carbonyl (C=O) groups excluding carboxylic acids is 1. The van der Waals surface area contributed by atoms with E-state index in [0.29, 0.717) is 0 Å². The zero-order valence-electron chi connectivity index (χ0n) is 20.0. The predicted molar refractivity (Wildman–Crippen MR) is 130 cm³/mol. The molecule has 2 heterocycles. The molecule has 0 saturated heterocycles. The third kappa shape index (κ3) is 4.53. The minimum Gasteiger partial charge on any atom is -0.496 e. The molecule has 1 amide bonds. The maximum absolute atomic E-state index is 13.2. The van der Waals surface area contributed by atoms with Gasteiger partial charge in [0.25, 0.3) is 0 Å². The molecular formula is C27H34N4O2. The zero-order valence-corrected chi connectivity index (χ0v) is 20.0. The summed E-state index contributed by atoms with van der Waals surface area (Å²) in [6.07, 6.45) is 2.62. The SMILES string of the molecule is CCn1nc(C)c2c1CCN([C@@H](C(=O)NC)c1ccccc1)C2CCc1ccccc1OC. The van der Waals surface area contributed by atoms with Crippen LogP contribution < -0.4 is 10.1 Å². The van der Waals surface area contributed by atoms with Gasteiger partial charge in [-0.05, 0) is 43.9 Å². The van der Waals surface area contributed by atoms with Gasteiger partial charge in [-0.2, -0.15) is 5.10 Å². The quantitative estimate of drug-likeness (QED) is 0.562. The lowest BCUT2D eigenvalue weighted by molar-refractivity contribution is -0.127. The molecule has 6 nitrogen and oxygen atoms in total. The number of para-hydroxylation sites is 1. The number of rotatable bonds is 8. The van der Waals surface area contributed by atoms with Crippen molar-refractivity contribution in [1.82, 2.24) is 20.0 Å². The Labute approximate surface area is 196 Å². The minimum atomic E-state index is -0.351. The average molecular weight is 447 g/mol. The number of aryl methyl sites for hydroxylation is 3. The Hall–Kier alpha value is -3.12. The standard InChI is InChI=1S/C27H34N4O2/c1-5-31-23-17-18-30(26(27(32)28-3)21-12-7-6-8-13-21)22(25(23)19(2)29-31)16-15-20-11-9-10-14-24(20)33-4/h6-14,22,26H,5,15-18H2,1-4H3,(H,28,32)/t22?,26-/m1/s1. The number of nitrogens with one attached hydrogen (secondary N) is 1. The number of amides is 1. The second-order valence-electron chi connectivity index (χ2n) is 8.54. The Morgan fingerprint density at radius 1 is 1.18 bits per heavy atom. The normalized spacial score (nSPS) is 16.8. The van der Waals surface area contributed by atoms with Crippen molar-refractivity contribution in [2.24, 2.45) is 0 Å². The Bertz CT molecular complexity index is 1090. The van der Waals surface area contributed by atoms with Gasteiger partial charge in [0.2, 0.25) is 5.91 Å². The molecule has 0 radical (unpaired) electrons. The number of hydrogen-bond acceptors (Lipinski definition) is 4. The van der Waals surface area contributed by atoms with E-state index in [0.717, 1.165) is 49.4 Å². The van der Waals surface area contributed by atoms with Crippen molar-refractivity contribution >= 4 is 5.91 Å².